The molecule has 1 aliphatic rings. The van der Waals surface area contributed by atoms with Crippen molar-refractivity contribution in [2.75, 3.05) is 26.7 Å². The van der Waals surface area contributed by atoms with E-state index in [2.05, 4.69) is 5.32 Å². The Morgan fingerprint density at radius 3 is 2.54 bits per heavy atom. The standard InChI is InChI=1S/C17H23F2N3O2/c1-12(13-5-6-14(18)15(19)11-13)21(2)17(24)20-8-7-16(23)22-9-3-4-10-22/h5-6,11-12H,3-4,7-10H2,1-2H3,(H,20,24). The highest BCUT2D eigenvalue weighted by Crippen LogP contribution is 2.20. The van der Waals surface area contributed by atoms with E-state index in [0.29, 0.717) is 5.56 Å². The fraction of sp³-hybridized carbons (Fsp3) is 0.529. The molecule has 7 heteroatoms. The van der Waals surface area contributed by atoms with Crippen molar-refractivity contribution in [3.63, 3.8) is 0 Å². The molecule has 1 saturated heterocycles. The van der Waals surface area contributed by atoms with Gasteiger partial charge in [-0.2, -0.15) is 0 Å². The Hall–Kier alpha value is -2.18. The molecule has 1 aliphatic heterocycles. The lowest BCUT2D eigenvalue weighted by Crippen LogP contribution is -2.40. The first-order valence-electron chi connectivity index (χ1n) is 8.13. The summed E-state index contributed by atoms with van der Waals surface area (Å²) in [6, 6.07) is 2.79. The number of nitrogens with zero attached hydrogens (tertiary/aromatic N) is 2. The van der Waals surface area contributed by atoms with Crippen LogP contribution in [0.2, 0.25) is 0 Å². The molecule has 3 amide bonds. The van der Waals surface area contributed by atoms with Crippen LogP contribution in [0.3, 0.4) is 0 Å². The number of hydrogen-bond donors (Lipinski definition) is 1. The third kappa shape index (κ3) is 4.43. The van der Waals surface area contributed by atoms with Gasteiger partial charge >= 0.3 is 6.03 Å². The first-order chi connectivity index (χ1) is 11.4. The van der Waals surface area contributed by atoms with Crippen LogP contribution in [0.25, 0.3) is 0 Å². The summed E-state index contributed by atoms with van der Waals surface area (Å²) >= 11 is 0. The molecular formula is C17H23F2N3O2. The lowest BCUT2D eigenvalue weighted by atomic mass is 10.1. The van der Waals surface area contributed by atoms with E-state index in [1.165, 1.54) is 11.0 Å². The molecule has 0 aromatic heterocycles. The second-order valence-corrected chi connectivity index (χ2v) is 6.03. The van der Waals surface area contributed by atoms with Crippen LogP contribution >= 0.6 is 0 Å². The van der Waals surface area contributed by atoms with Gasteiger partial charge in [-0.05, 0) is 37.5 Å². The van der Waals surface area contributed by atoms with E-state index in [-0.39, 0.29) is 24.9 Å². The van der Waals surface area contributed by atoms with E-state index in [1.54, 1.807) is 18.9 Å². The number of carbonyl (C=O) groups excluding carboxylic acids is 2. The first-order valence-corrected chi connectivity index (χ1v) is 8.13. The summed E-state index contributed by atoms with van der Waals surface area (Å²) in [6.45, 7) is 3.56. The topological polar surface area (TPSA) is 52.7 Å². The molecule has 1 atom stereocenters. The van der Waals surface area contributed by atoms with Crippen molar-refractivity contribution in [2.24, 2.45) is 0 Å². The summed E-state index contributed by atoms with van der Waals surface area (Å²) in [4.78, 5) is 27.2. The maximum Gasteiger partial charge on any atom is 0.317 e. The van der Waals surface area contributed by atoms with Gasteiger partial charge in [0.05, 0.1) is 6.04 Å². The SMILES string of the molecule is CC(c1ccc(F)c(F)c1)N(C)C(=O)NCCC(=O)N1CCCC1. The van der Waals surface area contributed by atoms with E-state index in [1.807, 2.05) is 0 Å². The van der Waals surface area contributed by atoms with Crippen LogP contribution in [0.1, 0.15) is 37.8 Å². The fourth-order valence-electron chi connectivity index (χ4n) is 2.70. The lowest BCUT2D eigenvalue weighted by molar-refractivity contribution is -0.129. The smallest absolute Gasteiger partial charge is 0.317 e. The van der Waals surface area contributed by atoms with Gasteiger partial charge in [0, 0.05) is 33.1 Å². The molecule has 24 heavy (non-hydrogen) atoms. The Kier molecular flexibility index (Phi) is 6.11. The maximum absolute atomic E-state index is 13.3. The van der Waals surface area contributed by atoms with Crippen molar-refractivity contribution in [1.82, 2.24) is 15.1 Å². The van der Waals surface area contributed by atoms with Crippen LogP contribution in [-0.2, 0) is 4.79 Å². The number of amides is 3. The number of rotatable bonds is 5. The minimum absolute atomic E-state index is 0.0455. The second kappa shape index (κ2) is 8.08. The maximum atomic E-state index is 13.3. The predicted octanol–water partition coefficient (Wildman–Crippen LogP) is 2.68. The van der Waals surface area contributed by atoms with Gasteiger partial charge in [0.25, 0.3) is 0 Å². The molecule has 0 saturated carbocycles. The van der Waals surface area contributed by atoms with Crippen LogP contribution < -0.4 is 5.32 Å². The highest BCUT2D eigenvalue weighted by atomic mass is 19.2. The van der Waals surface area contributed by atoms with Gasteiger partial charge in [-0.1, -0.05) is 6.07 Å². The molecule has 1 unspecified atom stereocenters. The van der Waals surface area contributed by atoms with E-state index < -0.39 is 17.7 Å². The summed E-state index contributed by atoms with van der Waals surface area (Å²) in [5.41, 5.74) is 0.500. The summed E-state index contributed by atoms with van der Waals surface area (Å²) in [6.07, 6.45) is 2.33. The number of benzene rings is 1. The highest BCUT2D eigenvalue weighted by molar-refractivity contribution is 5.78. The van der Waals surface area contributed by atoms with Crippen molar-refractivity contribution in [1.29, 1.82) is 0 Å². The summed E-state index contributed by atoms with van der Waals surface area (Å²) in [5.74, 6) is -1.81. The molecule has 1 aromatic rings. The van der Waals surface area contributed by atoms with Crippen molar-refractivity contribution < 1.29 is 18.4 Å². The molecule has 5 nitrogen and oxygen atoms in total. The average Bonchev–Trinajstić information content (AvgIpc) is 3.10. The van der Waals surface area contributed by atoms with E-state index in [0.717, 1.165) is 38.1 Å². The zero-order valence-corrected chi connectivity index (χ0v) is 14.0. The van der Waals surface area contributed by atoms with E-state index >= 15 is 0 Å². The summed E-state index contributed by atoms with van der Waals surface area (Å²) < 4.78 is 26.3. The molecule has 1 N–H and O–H groups in total. The third-order valence-corrected chi connectivity index (χ3v) is 4.40. The van der Waals surface area contributed by atoms with Gasteiger partial charge in [0.1, 0.15) is 0 Å². The van der Waals surface area contributed by atoms with E-state index in [4.69, 9.17) is 0 Å². The van der Waals surface area contributed by atoms with Crippen molar-refractivity contribution in [3.05, 3.63) is 35.4 Å². The summed E-state index contributed by atoms with van der Waals surface area (Å²) in [5, 5.41) is 2.69. The Morgan fingerprint density at radius 2 is 1.92 bits per heavy atom. The number of likely N-dealkylation sites (tertiary alicyclic amines) is 1. The number of nitrogens with one attached hydrogen (secondary N) is 1. The van der Waals surface area contributed by atoms with Crippen LogP contribution in [0.15, 0.2) is 18.2 Å². The highest BCUT2D eigenvalue weighted by Gasteiger charge is 2.20. The van der Waals surface area contributed by atoms with Gasteiger partial charge in [-0.3, -0.25) is 4.79 Å². The lowest BCUT2D eigenvalue weighted by Gasteiger charge is -2.26. The largest absolute Gasteiger partial charge is 0.343 e. The number of hydrogen-bond acceptors (Lipinski definition) is 2. The minimum atomic E-state index is -0.940. The van der Waals surface area contributed by atoms with Gasteiger partial charge in [-0.15, -0.1) is 0 Å². The van der Waals surface area contributed by atoms with Gasteiger partial charge in [0.15, 0.2) is 11.6 Å². The monoisotopic (exact) mass is 339 g/mol. The predicted molar refractivity (Wildman–Crippen MR) is 86.4 cm³/mol. The van der Waals surface area contributed by atoms with Crippen molar-refractivity contribution >= 4 is 11.9 Å². The van der Waals surface area contributed by atoms with Gasteiger partial charge < -0.3 is 15.1 Å². The van der Waals surface area contributed by atoms with Crippen LogP contribution in [0, 0.1) is 11.6 Å². The van der Waals surface area contributed by atoms with Crippen molar-refractivity contribution in [2.45, 2.75) is 32.2 Å². The minimum Gasteiger partial charge on any atom is -0.343 e. The number of carbonyl (C=O) groups is 2. The molecule has 132 valence electrons. The molecule has 0 aliphatic carbocycles. The molecule has 0 spiro atoms. The first kappa shape index (κ1) is 18.2. The Bertz CT molecular complexity index is 603. The average molecular weight is 339 g/mol. The second-order valence-electron chi connectivity index (χ2n) is 6.03. The molecule has 1 aromatic carbocycles. The Morgan fingerprint density at radius 1 is 1.25 bits per heavy atom. The molecule has 1 heterocycles. The molecule has 2 rings (SSSR count). The van der Waals surface area contributed by atoms with Crippen molar-refractivity contribution in [3.8, 4) is 0 Å². The molecule has 1 fully saturated rings. The zero-order chi connectivity index (χ0) is 17.7. The van der Waals surface area contributed by atoms with Crippen LogP contribution in [0.5, 0.6) is 0 Å². The number of halogens is 2. The number of urea groups is 1. The molecule has 0 radical (unpaired) electrons. The van der Waals surface area contributed by atoms with Gasteiger partial charge in [0.2, 0.25) is 5.91 Å². The van der Waals surface area contributed by atoms with Crippen LogP contribution in [0.4, 0.5) is 13.6 Å². The van der Waals surface area contributed by atoms with E-state index in [9.17, 15) is 18.4 Å². The molecular weight excluding hydrogens is 316 g/mol. The Labute approximate surface area is 140 Å². The molecule has 0 bridgehead atoms. The quantitative estimate of drug-likeness (QED) is 0.897. The van der Waals surface area contributed by atoms with Crippen LogP contribution in [-0.4, -0.2) is 48.4 Å². The summed E-state index contributed by atoms with van der Waals surface area (Å²) in [7, 11) is 1.57. The fourth-order valence-corrected chi connectivity index (χ4v) is 2.70. The third-order valence-electron chi connectivity index (χ3n) is 4.40. The Balaban J connectivity index is 1.82. The normalized spacial score (nSPS) is 15.2. The zero-order valence-electron chi connectivity index (χ0n) is 14.0. The van der Waals surface area contributed by atoms with Gasteiger partial charge in [-0.25, -0.2) is 13.6 Å².